The first-order chi connectivity index (χ1) is 5.74. The normalized spacial score (nSPS) is 12.8. The summed E-state index contributed by atoms with van der Waals surface area (Å²) in [4.78, 5) is 0. The van der Waals surface area contributed by atoms with Crippen LogP contribution in [0.25, 0.3) is 0 Å². The van der Waals surface area contributed by atoms with Crippen molar-refractivity contribution < 1.29 is 4.42 Å². The monoisotopic (exact) mass is 229 g/mol. The number of rotatable bonds is 4. The number of halogens is 1. The van der Waals surface area contributed by atoms with Crippen molar-refractivity contribution in [1.82, 2.24) is 5.32 Å². The molecule has 0 amide bonds. The van der Waals surface area contributed by atoms with E-state index >= 15 is 0 Å². The molecule has 3 heteroatoms. The Kier molecular flexibility index (Phi) is 3.56. The molecule has 0 bridgehead atoms. The van der Waals surface area contributed by atoms with Crippen molar-refractivity contribution >= 4 is 15.9 Å². The number of hydrogen-bond acceptors (Lipinski definition) is 2. The summed E-state index contributed by atoms with van der Waals surface area (Å²) in [5.41, 5.74) is 0. The molecule has 0 aliphatic rings. The Morgan fingerprint density at radius 2 is 2.50 bits per heavy atom. The fraction of sp³-hybridized carbons (Fsp3) is 0.333. The molecule has 1 aromatic rings. The molecule has 0 aromatic carbocycles. The van der Waals surface area contributed by atoms with Crippen LogP contribution in [0.1, 0.15) is 18.7 Å². The first-order valence-electron chi connectivity index (χ1n) is 3.83. The van der Waals surface area contributed by atoms with Gasteiger partial charge in [0.2, 0.25) is 0 Å². The summed E-state index contributed by atoms with van der Waals surface area (Å²) in [6.07, 6.45) is 1.83. The minimum atomic E-state index is 0.231. The second-order valence-corrected chi connectivity index (χ2v) is 3.34. The van der Waals surface area contributed by atoms with Crippen molar-refractivity contribution in [3.8, 4) is 0 Å². The van der Waals surface area contributed by atoms with Gasteiger partial charge in [-0.25, -0.2) is 0 Å². The predicted molar refractivity (Wildman–Crippen MR) is 53.0 cm³/mol. The van der Waals surface area contributed by atoms with Gasteiger partial charge in [0, 0.05) is 6.54 Å². The zero-order chi connectivity index (χ0) is 8.97. The van der Waals surface area contributed by atoms with Crippen LogP contribution in [0.3, 0.4) is 0 Å². The fourth-order valence-corrected chi connectivity index (χ4v) is 1.24. The van der Waals surface area contributed by atoms with Gasteiger partial charge in [-0.3, -0.25) is 0 Å². The molecule has 2 nitrogen and oxygen atoms in total. The maximum absolute atomic E-state index is 5.36. The highest BCUT2D eigenvalue weighted by atomic mass is 79.9. The summed E-state index contributed by atoms with van der Waals surface area (Å²) in [6.45, 7) is 6.47. The van der Waals surface area contributed by atoms with Crippen LogP contribution in [0.15, 0.2) is 33.9 Å². The van der Waals surface area contributed by atoms with Crippen LogP contribution in [-0.4, -0.2) is 6.54 Å². The van der Waals surface area contributed by atoms with Crippen LogP contribution in [-0.2, 0) is 0 Å². The van der Waals surface area contributed by atoms with Gasteiger partial charge in [0.15, 0.2) is 4.67 Å². The fourth-order valence-electron chi connectivity index (χ4n) is 0.922. The minimum Gasteiger partial charge on any atom is -0.453 e. The van der Waals surface area contributed by atoms with E-state index in [1.807, 2.05) is 18.2 Å². The Hall–Kier alpha value is -0.540. The van der Waals surface area contributed by atoms with E-state index in [1.165, 1.54) is 0 Å². The van der Waals surface area contributed by atoms with Gasteiger partial charge in [0.05, 0.1) is 6.04 Å². The van der Waals surface area contributed by atoms with Crippen molar-refractivity contribution in [3.63, 3.8) is 0 Å². The molecule has 12 heavy (non-hydrogen) atoms. The van der Waals surface area contributed by atoms with Crippen LogP contribution >= 0.6 is 15.9 Å². The Morgan fingerprint density at radius 1 is 1.75 bits per heavy atom. The molecule has 0 saturated carbocycles. The van der Waals surface area contributed by atoms with Crippen molar-refractivity contribution in [2.45, 2.75) is 13.0 Å². The van der Waals surface area contributed by atoms with Crippen LogP contribution in [0.2, 0.25) is 0 Å². The molecule has 0 spiro atoms. The maximum Gasteiger partial charge on any atom is 0.169 e. The lowest BCUT2D eigenvalue weighted by Crippen LogP contribution is -2.17. The van der Waals surface area contributed by atoms with Gasteiger partial charge in [-0.15, -0.1) is 6.58 Å². The van der Waals surface area contributed by atoms with Gasteiger partial charge in [-0.2, -0.15) is 0 Å². The lowest BCUT2D eigenvalue weighted by Gasteiger charge is -2.08. The second kappa shape index (κ2) is 4.48. The van der Waals surface area contributed by atoms with Crippen LogP contribution in [0, 0.1) is 0 Å². The zero-order valence-electron chi connectivity index (χ0n) is 7.01. The van der Waals surface area contributed by atoms with E-state index in [2.05, 4.69) is 34.7 Å². The number of hydrogen-bond donors (Lipinski definition) is 1. The third kappa shape index (κ3) is 2.50. The van der Waals surface area contributed by atoms with E-state index in [4.69, 9.17) is 4.42 Å². The molecule has 1 atom stereocenters. The SMILES string of the molecule is C=CCNC(C)c1ccc(Br)o1. The molecule has 0 aliphatic heterocycles. The molecule has 1 heterocycles. The van der Waals surface area contributed by atoms with Gasteiger partial charge in [0.25, 0.3) is 0 Å². The topological polar surface area (TPSA) is 25.2 Å². The maximum atomic E-state index is 5.36. The Morgan fingerprint density at radius 3 is 3.00 bits per heavy atom. The molecule has 1 rings (SSSR count). The summed E-state index contributed by atoms with van der Waals surface area (Å²) >= 11 is 3.25. The Bertz CT molecular complexity index is 257. The van der Waals surface area contributed by atoms with Crippen LogP contribution in [0.4, 0.5) is 0 Å². The molecule has 66 valence electrons. The standard InChI is InChI=1S/C9H12BrNO/c1-3-6-11-7(2)8-4-5-9(10)12-8/h3-5,7,11H,1,6H2,2H3. The van der Waals surface area contributed by atoms with E-state index in [0.29, 0.717) is 0 Å². The predicted octanol–water partition coefficient (Wildman–Crippen LogP) is 2.88. The first-order valence-corrected chi connectivity index (χ1v) is 4.63. The average Bonchev–Trinajstić information content (AvgIpc) is 2.47. The second-order valence-electron chi connectivity index (χ2n) is 2.56. The highest BCUT2D eigenvalue weighted by Crippen LogP contribution is 2.19. The molecular formula is C9H12BrNO. The van der Waals surface area contributed by atoms with Crippen LogP contribution in [0.5, 0.6) is 0 Å². The van der Waals surface area contributed by atoms with E-state index < -0.39 is 0 Å². The molecule has 0 radical (unpaired) electrons. The minimum absolute atomic E-state index is 0.231. The van der Waals surface area contributed by atoms with E-state index in [0.717, 1.165) is 17.0 Å². The summed E-state index contributed by atoms with van der Waals surface area (Å²) in [6, 6.07) is 4.07. The molecule has 0 saturated heterocycles. The van der Waals surface area contributed by atoms with E-state index in [9.17, 15) is 0 Å². The molecule has 0 fully saturated rings. The molecule has 0 aliphatic carbocycles. The van der Waals surface area contributed by atoms with Gasteiger partial charge in [0.1, 0.15) is 5.76 Å². The summed E-state index contributed by atoms with van der Waals surface area (Å²) in [5, 5.41) is 3.23. The quantitative estimate of drug-likeness (QED) is 0.804. The summed E-state index contributed by atoms with van der Waals surface area (Å²) in [7, 11) is 0. The lowest BCUT2D eigenvalue weighted by atomic mass is 10.2. The number of nitrogens with one attached hydrogen (secondary N) is 1. The van der Waals surface area contributed by atoms with E-state index in [1.54, 1.807) is 0 Å². The van der Waals surface area contributed by atoms with Crippen molar-refractivity contribution in [3.05, 3.63) is 35.2 Å². The van der Waals surface area contributed by atoms with E-state index in [-0.39, 0.29) is 6.04 Å². The van der Waals surface area contributed by atoms with Gasteiger partial charge in [-0.05, 0) is 35.0 Å². The highest BCUT2D eigenvalue weighted by Gasteiger charge is 2.07. The lowest BCUT2D eigenvalue weighted by molar-refractivity contribution is 0.428. The summed E-state index contributed by atoms with van der Waals surface area (Å²) < 4.78 is 6.13. The van der Waals surface area contributed by atoms with Gasteiger partial charge >= 0.3 is 0 Å². The average molecular weight is 230 g/mol. The number of furan rings is 1. The molecule has 1 unspecified atom stereocenters. The molecule has 1 N–H and O–H groups in total. The van der Waals surface area contributed by atoms with Crippen molar-refractivity contribution in [1.29, 1.82) is 0 Å². The third-order valence-electron chi connectivity index (χ3n) is 1.59. The third-order valence-corrected chi connectivity index (χ3v) is 2.02. The Labute approximate surface area is 80.8 Å². The Balaban J connectivity index is 2.52. The van der Waals surface area contributed by atoms with Gasteiger partial charge < -0.3 is 9.73 Å². The largest absolute Gasteiger partial charge is 0.453 e. The van der Waals surface area contributed by atoms with Gasteiger partial charge in [-0.1, -0.05) is 6.08 Å². The smallest absolute Gasteiger partial charge is 0.169 e. The molecular weight excluding hydrogens is 218 g/mol. The van der Waals surface area contributed by atoms with Crippen molar-refractivity contribution in [2.75, 3.05) is 6.54 Å². The summed E-state index contributed by atoms with van der Waals surface area (Å²) in [5.74, 6) is 0.934. The molecule has 1 aromatic heterocycles. The highest BCUT2D eigenvalue weighted by molar-refractivity contribution is 9.10. The van der Waals surface area contributed by atoms with Crippen LogP contribution < -0.4 is 5.32 Å². The first kappa shape index (κ1) is 9.55. The van der Waals surface area contributed by atoms with Crippen molar-refractivity contribution in [2.24, 2.45) is 0 Å². The zero-order valence-corrected chi connectivity index (χ0v) is 8.60.